The first kappa shape index (κ1) is 23.7. The van der Waals surface area contributed by atoms with Crippen LogP contribution >= 0.6 is 0 Å². The van der Waals surface area contributed by atoms with Gasteiger partial charge < -0.3 is 9.47 Å². The molecule has 37 heavy (non-hydrogen) atoms. The molecule has 0 spiro atoms. The Bertz CT molecular complexity index is 1710. The number of rotatable bonds is 9. The molecular weight excluding hydrogens is 494 g/mol. The molecule has 0 bridgehead atoms. The summed E-state index contributed by atoms with van der Waals surface area (Å²) in [5, 5.41) is 8.18. The average molecular weight is 518 g/mol. The highest BCUT2D eigenvalue weighted by Gasteiger charge is 2.33. The number of hydrogen-bond donors (Lipinski definition) is 1. The maximum atomic E-state index is 13.4. The molecule has 1 heterocycles. The van der Waals surface area contributed by atoms with Crippen molar-refractivity contribution in [2.45, 2.75) is 0 Å². The number of hydrogen-bond acceptors (Lipinski definition) is 6. The lowest BCUT2D eigenvalue weighted by atomic mass is 9.85. The SMILES string of the molecule is O=C1c2ccc3c4cccc5cccc(c6ccc(c2c36)C(=O)N1CCOCCOCCS(=O)(=O)O)c54. The summed E-state index contributed by atoms with van der Waals surface area (Å²) in [6.45, 7) is 0.332. The number of imide groups is 1. The van der Waals surface area contributed by atoms with Crippen molar-refractivity contribution < 1.29 is 32.0 Å². The molecule has 0 fully saturated rings. The number of nitrogens with zero attached hydrogens (tertiary/aromatic N) is 1. The third-order valence-corrected chi connectivity index (χ3v) is 7.60. The molecule has 2 amide bonds. The molecule has 0 radical (unpaired) electrons. The smallest absolute Gasteiger partial charge is 0.267 e. The first-order valence-electron chi connectivity index (χ1n) is 11.9. The average Bonchev–Trinajstić information content (AvgIpc) is 2.88. The van der Waals surface area contributed by atoms with E-state index >= 15 is 0 Å². The van der Waals surface area contributed by atoms with Gasteiger partial charge in [0.15, 0.2) is 0 Å². The van der Waals surface area contributed by atoms with Gasteiger partial charge in [0.2, 0.25) is 0 Å². The predicted octanol–water partition coefficient (Wildman–Crippen LogP) is 4.25. The molecule has 0 aliphatic carbocycles. The summed E-state index contributed by atoms with van der Waals surface area (Å²) in [5.41, 5.74) is 0.991. The molecule has 1 aliphatic heterocycles. The first-order valence-corrected chi connectivity index (χ1v) is 13.5. The predicted molar refractivity (Wildman–Crippen MR) is 141 cm³/mol. The zero-order chi connectivity index (χ0) is 25.7. The molecule has 5 aromatic rings. The van der Waals surface area contributed by atoms with Gasteiger partial charge in [-0.1, -0.05) is 48.5 Å². The lowest BCUT2D eigenvalue weighted by molar-refractivity contribution is 0.0366. The van der Waals surface area contributed by atoms with E-state index < -0.39 is 15.9 Å². The molecule has 0 aromatic heterocycles. The quantitative estimate of drug-likeness (QED) is 0.102. The van der Waals surface area contributed by atoms with Crippen molar-refractivity contribution in [3.05, 3.63) is 71.8 Å². The van der Waals surface area contributed by atoms with Gasteiger partial charge in [0.25, 0.3) is 21.9 Å². The second kappa shape index (κ2) is 9.04. The van der Waals surface area contributed by atoms with Crippen LogP contribution in [0.15, 0.2) is 60.7 Å². The van der Waals surface area contributed by atoms with Crippen molar-refractivity contribution in [3.63, 3.8) is 0 Å². The Morgan fingerprint density at radius 3 is 1.76 bits per heavy atom. The summed E-state index contributed by atoms with van der Waals surface area (Å²) in [4.78, 5) is 28.0. The normalized spacial score (nSPS) is 14.1. The maximum Gasteiger partial charge on any atom is 0.267 e. The van der Waals surface area contributed by atoms with Crippen LogP contribution in [0.4, 0.5) is 0 Å². The highest BCUT2D eigenvalue weighted by Crippen LogP contribution is 2.43. The van der Waals surface area contributed by atoms with E-state index in [4.69, 9.17) is 14.0 Å². The van der Waals surface area contributed by atoms with Crippen molar-refractivity contribution in [1.29, 1.82) is 0 Å². The molecule has 6 rings (SSSR count). The summed E-state index contributed by atoms with van der Waals surface area (Å²) < 4.78 is 40.6. The molecule has 9 heteroatoms. The highest BCUT2D eigenvalue weighted by atomic mass is 32.2. The zero-order valence-electron chi connectivity index (χ0n) is 19.8. The number of fused-ring (bicyclic) bond motifs is 2. The van der Waals surface area contributed by atoms with Gasteiger partial charge in [-0.3, -0.25) is 19.0 Å². The van der Waals surface area contributed by atoms with Gasteiger partial charge in [-0.15, -0.1) is 0 Å². The minimum Gasteiger partial charge on any atom is -0.378 e. The van der Waals surface area contributed by atoms with Crippen LogP contribution in [0.2, 0.25) is 0 Å². The van der Waals surface area contributed by atoms with Crippen LogP contribution in [0, 0.1) is 0 Å². The van der Waals surface area contributed by atoms with Crippen molar-refractivity contribution in [3.8, 4) is 0 Å². The number of benzene rings is 5. The maximum absolute atomic E-state index is 13.4. The molecule has 0 saturated heterocycles. The van der Waals surface area contributed by atoms with E-state index in [2.05, 4.69) is 24.3 Å². The molecule has 0 unspecified atom stereocenters. The Balaban J connectivity index is 1.28. The van der Waals surface area contributed by atoms with Gasteiger partial charge in [-0.05, 0) is 49.8 Å². The lowest BCUT2D eigenvalue weighted by Crippen LogP contribution is -2.42. The van der Waals surface area contributed by atoms with Gasteiger partial charge in [0.1, 0.15) is 0 Å². The van der Waals surface area contributed by atoms with Crippen molar-refractivity contribution in [2.75, 3.05) is 38.7 Å². The molecule has 5 aromatic carbocycles. The van der Waals surface area contributed by atoms with Crippen LogP contribution in [-0.4, -0.2) is 68.4 Å². The molecule has 0 saturated carbocycles. The highest BCUT2D eigenvalue weighted by molar-refractivity contribution is 7.85. The lowest BCUT2D eigenvalue weighted by Gasteiger charge is -2.28. The minimum absolute atomic E-state index is 0.0786. The van der Waals surface area contributed by atoms with E-state index in [-0.39, 0.29) is 44.8 Å². The first-order chi connectivity index (χ1) is 17.8. The van der Waals surface area contributed by atoms with Crippen LogP contribution in [0.25, 0.3) is 43.1 Å². The fourth-order valence-corrected chi connectivity index (χ4v) is 5.65. The summed E-state index contributed by atoms with van der Waals surface area (Å²) >= 11 is 0. The molecule has 1 N–H and O–H groups in total. The van der Waals surface area contributed by atoms with Crippen LogP contribution in [0.5, 0.6) is 0 Å². The number of carbonyl (C=O) groups is 2. The van der Waals surface area contributed by atoms with Crippen molar-refractivity contribution in [1.82, 2.24) is 4.90 Å². The monoisotopic (exact) mass is 517 g/mol. The topological polar surface area (TPSA) is 110 Å². The molecule has 188 valence electrons. The number of amides is 2. The summed E-state index contributed by atoms with van der Waals surface area (Å²) in [6.07, 6.45) is 0. The van der Waals surface area contributed by atoms with Crippen LogP contribution in [0.1, 0.15) is 20.7 Å². The van der Waals surface area contributed by atoms with E-state index in [1.54, 1.807) is 0 Å². The van der Waals surface area contributed by atoms with E-state index in [0.717, 1.165) is 32.3 Å². The largest absolute Gasteiger partial charge is 0.378 e. The van der Waals surface area contributed by atoms with E-state index in [9.17, 15) is 18.0 Å². The van der Waals surface area contributed by atoms with E-state index in [1.165, 1.54) is 10.3 Å². The fraction of sp³-hybridized carbons (Fsp3) is 0.214. The molecular formula is C28H23NO7S. The third-order valence-electron chi connectivity index (χ3n) is 6.91. The van der Waals surface area contributed by atoms with E-state index in [1.807, 2.05) is 36.4 Å². The second-order valence-electron chi connectivity index (χ2n) is 9.05. The van der Waals surface area contributed by atoms with Crippen LogP contribution in [-0.2, 0) is 19.6 Å². The fourth-order valence-electron chi connectivity index (χ4n) is 5.32. The Morgan fingerprint density at radius 1 is 0.649 bits per heavy atom. The molecule has 0 atom stereocenters. The van der Waals surface area contributed by atoms with Crippen LogP contribution < -0.4 is 0 Å². The second-order valence-corrected chi connectivity index (χ2v) is 10.6. The molecule has 1 aliphatic rings. The van der Waals surface area contributed by atoms with Gasteiger partial charge in [0, 0.05) is 16.5 Å². The van der Waals surface area contributed by atoms with Crippen LogP contribution in [0.3, 0.4) is 0 Å². The summed E-state index contributed by atoms with van der Waals surface area (Å²) in [7, 11) is -4.06. The van der Waals surface area contributed by atoms with E-state index in [0.29, 0.717) is 16.5 Å². The zero-order valence-corrected chi connectivity index (χ0v) is 20.6. The van der Waals surface area contributed by atoms with Gasteiger partial charge in [0.05, 0.1) is 38.7 Å². The molecule has 8 nitrogen and oxygen atoms in total. The Hall–Kier alpha value is -3.63. The third kappa shape index (κ3) is 4.00. The van der Waals surface area contributed by atoms with Gasteiger partial charge >= 0.3 is 0 Å². The number of carbonyl (C=O) groups excluding carboxylic acids is 2. The summed E-state index contributed by atoms with van der Waals surface area (Å²) in [6, 6.07) is 20.0. The van der Waals surface area contributed by atoms with Crippen molar-refractivity contribution >= 4 is 65.0 Å². The standard InChI is InChI=1S/C28H23NO7S/c30-27-22-9-7-20-18-5-1-3-17-4-2-6-19(24(17)18)21-8-10-23(26(22)25(20)21)28(31)29(27)11-12-35-13-14-36-15-16-37(32,33)34/h1-10H,11-16H2,(H,32,33,34). The van der Waals surface area contributed by atoms with Gasteiger partial charge in [-0.25, -0.2) is 0 Å². The Labute approximate surface area is 212 Å². The minimum atomic E-state index is -4.06. The summed E-state index contributed by atoms with van der Waals surface area (Å²) in [5.74, 6) is -1.20. The van der Waals surface area contributed by atoms with Gasteiger partial charge in [-0.2, -0.15) is 8.42 Å². The number of ether oxygens (including phenoxy) is 2. The Morgan fingerprint density at radius 2 is 1.19 bits per heavy atom. The van der Waals surface area contributed by atoms with Crippen molar-refractivity contribution in [2.24, 2.45) is 0 Å². The Kier molecular flexibility index (Phi) is 5.80.